The van der Waals surface area contributed by atoms with Crippen LogP contribution in [0.15, 0.2) is 36.7 Å². The lowest BCUT2D eigenvalue weighted by atomic mass is 9.85. The Hall–Kier alpha value is -2.89. The van der Waals surface area contributed by atoms with Crippen molar-refractivity contribution < 1.29 is 18.9 Å². The molecule has 6 heteroatoms. The van der Waals surface area contributed by atoms with Crippen molar-refractivity contribution in [2.45, 2.75) is 59.2 Å². The van der Waals surface area contributed by atoms with Crippen molar-refractivity contribution in [3.05, 3.63) is 53.7 Å². The monoisotopic (exact) mass is 420 g/mol. The minimum atomic E-state index is -0.234. The van der Waals surface area contributed by atoms with E-state index in [0.29, 0.717) is 6.54 Å². The Bertz CT molecular complexity index is 1180. The molecule has 2 aromatic heterocycles. The zero-order chi connectivity index (χ0) is 21.8. The number of fused-ring (bicyclic) bond motifs is 3. The number of carbonyl (C=O) groups is 2. The van der Waals surface area contributed by atoms with Crippen LogP contribution in [0.3, 0.4) is 0 Å². The van der Waals surface area contributed by atoms with E-state index in [2.05, 4.69) is 28.3 Å². The van der Waals surface area contributed by atoms with Crippen LogP contribution in [0.25, 0.3) is 10.9 Å². The summed E-state index contributed by atoms with van der Waals surface area (Å²) in [6.07, 6.45) is 8.40. The first kappa shape index (κ1) is 20.0. The number of rotatable bonds is 6. The lowest BCUT2D eigenvalue weighted by Crippen LogP contribution is -2.39. The van der Waals surface area contributed by atoms with Crippen LogP contribution in [0.1, 0.15) is 54.5 Å². The number of benzene rings is 1. The molecule has 162 valence electrons. The van der Waals surface area contributed by atoms with Crippen molar-refractivity contribution in [2.75, 3.05) is 0 Å². The third kappa shape index (κ3) is 3.20. The van der Waals surface area contributed by atoms with Crippen molar-refractivity contribution in [2.24, 2.45) is 18.4 Å². The summed E-state index contributed by atoms with van der Waals surface area (Å²) < 4.78 is 11.8. The topological polar surface area (TPSA) is 57.1 Å². The molecule has 0 aliphatic heterocycles. The maximum Gasteiger partial charge on any atom is 0.315 e. The van der Waals surface area contributed by atoms with E-state index in [9.17, 15) is 9.59 Å². The number of esters is 1. The van der Waals surface area contributed by atoms with E-state index in [1.807, 2.05) is 42.9 Å². The number of hydrogen-bond acceptors (Lipinski definition) is 3. The fourth-order valence-corrected chi connectivity index (χ4v) is 5.08. The number of ether oxygens (including phenoxy) is 1. The van der Waals surface area contributed by atoms with E-state index in [1.165, 1.54) is 0 Å². The van der Waals surface area contributed by atoms with E-state index in [0.717, 1.165) is 60.1 Å². The summed E-state index contributed by atoms with van der Waals surface area (Å²) in [5.41, 5.74) is 2.94. The lowest BCUT2D eigenvalue weighted by molar-refractivity contribution is -0.732. The molecule has 1 unspecified atom stereocenters. The van der Waals surface area contributed by atoms with Crippen LogP contribution < -0.4 is 4.57 Å². The predicted octanol–water partition coefficient (Wildman–Crippen LogP) is 3.71. The highest BCUT2D eigenvalue weighted by atomic mass is 16.5. The van der Waals surface area contributed by atoms with E-state index >= 15 is 0 Å². The number of aryl methyl sites for hydroxylation is 1. The van der Waals surface area contributed by atoms with Gasteiger partial charge in [0.15, 0.2) is 5.78 Å². The summed E-state index contributed by atoms with van der Waals surface area (Å²) in [5.74, 6) is 1.10. The van der Waals surface area contributed by atoms with Gasteiger partial charge in [0.2, 0.25) is 6.73 Å². The number of imidazole rings is 1. The zero-order valence-corrected chi connectivity index (χ0v) is 18.6. The lowest BCUT2D eigenvalue weighted by Gasteiger charge is -2.21. The molecule has 0 bridgehead atoms. The molecule has 2 aliphatic rings. The summed E-state index contributed by atoms with van der Waals surface area (Å²) in [6, 6.07) is 8.17. The number of ketones is 1. The molecular formula is C25H30N3O3+. The molecule has 0 N–H and O–H groups in total. The Morgan fingerprint density at radius 3 is 2.81 bits per heavy atom. The Balaban J connectivity index is 1.32. The van der Waals surface area contributed by atoms with Crippen molar-refractivity contribution in [1.82, 2.24) is 9.13 Å². The molecule has 0 radical (unpaired) electrons. The summed E-state index contributed by atoms with van der Waals surface area (Å²) in [4.78, 5) is 25.8. The van der Waals surface area contributed by atoms with Crippen LogP contribution >= 0.6 is 0 Å². The minimum Gasteiger partial charge on any atom is -0.424 e. The average molecular weight is 421 g/mol. The first-order valence-corrected chi connectivity index (χ1v) is 11.3. The van der Waals surface area contributed by atoms with Crippen LogP contribution in [0.4, 0.5) is 0 Å². The third-order valence-corrected chi connectivity index (χ3v) is 7.55. The molecule has 2 heterocycles. The number of aromatic nitrogens is 3. The summed E-state index contributed by atoms with van der Waals surface area (Å²) in [7, 11) is 2.05. The molecule has 31 heavy (non-hydrogen) atoms. The van der Waals surface area contributed by atoms with Crippen LogP contribution in [-0.4, -0.2) is 20.9 Å². The second kappa shape index (κ2) is 7.36. The van der Waals surface area contributed by atoms with Crippen molar-refractivity contribution >= 4 is 22.7 Å². The fourth-order valence-electron chi connectivity index (χ4n) is 5.08. The van der Waals surface area contributed by atoms with Gasteiger partial charge in [-0.15, -0.1) is 0 Å². The molecule has 1 fully saturated rings. The van der Waals surface area contributed by atoms with Gasteiger partial charge in [-0.1, -0.05) is 25.1 Å². The van der Waals surface area contributed by atoms with E-state index in [4.69, 9.17) is 4.74 Å². The predicted molar refractivity (Wildman–Crippen MR) is 116 cm³/mol. The Morgan fingerprint density at radius 1 is 1.29 bits per heavy atom. The molecule has 1 aromatic carbocycles. The largest absolute Gasteiger partial charge is 0.424 e. The smallest absolute Gasteiger partial charge is 0.315 e. The van der Waals surface area contributed by atoms with E-state index in [1.54, 1.807) is 0 Å². The van der Waals surface area contributed by atoms with Gasteiger partial charge in [0, 0.05) is 36.1 Å². The molecule has 6 nitrogen and oxygen atoms in total. The van der Waals surface area contributed by atoms with Crippen molar-refractivity contribution in [3.8, 4) is 0 Å². The Morgan fingerprint density at radius 2 is 2.06 bits per heavy atom. The average Bonchev–Trinajstić information content (AvgIpc) is 3.44. The SMILES string of the molecule is CCC1(C(=O)OC[n+]2ccn(CC3CCc4c(c5ccccc5n4C)C3=O)c2C)CC1. The van der Waals surface area contributed by atoms with Gasteiger partial charge in [0.05, 0.1) is 11.3 Å². The van der Waals surface area contributed by atoms with Crippen LogP contribution in [0.2, 0.25) is 0 Å². The highest BCUT2D eigenvalue weighted by Gasteiger charge is 2.49. The van der Waals surface area contributed by atoms with Gasteiger partial charge >= 0.3 is 5.97 Å². The van der Waals surface area contributed by atoms with Gasteiger partial charge in [-0.05, 0) is 38.2 Å². The molecule has 1 saturated carbocycles. The standard InChI is InChI=1S/C25H30N3O3/c1-4-25(11-12-25)24(30)31-16-28-14-13-27(17(28)2)15-18-9-10-21-22(23(18)29)19-7-5-6-8-20(19)26(21)3/h5-8,13-14,18H,4,9-12,15-16H2,1-3H3/q+1. The molecule has 5 rings (SSSR count). The van der Waals surface area contributed by atoms with Gasteiger partial charge < -0.3 is 9.30 Å². The minimum absolute atomic E-state index is 0.0461. The van der Waals surface area contributed by atoms with Crippen LogP contribution in [0, 0.1) is 18.3 Å². The molecule has 2 aliphatic carbocycles. The highest BCUT2D eigenvalue weighted by Crippen LogP contribution is 2.49. The van der Waals surface area contributed by atoms with Gasteiger partial charge in [-0.2, -0.15) is 4.57 Å². The summed E-state index contributed by atoms with van der Waals surface area (Å²) in [6.45, 7) is 4.93. The summed E-state index contributed by atoms with van der Waals surface area (Å²) >= 11 is 0. The molecular weight excluding hydrogens is 390 g/mol. The maximum absolute atomic E-state index is 13.4. The Kier molecular flexibility index (Phi) is 4.76. The quantitative estimate of drug-likeness (QED) is 0.451. The highest BCUT2D eigenvalue weighted by molar-refractivity contribution is 6.11. The first-order chi connectivity index (χ1) is 14.9. The number of nitrogens with zero attached hydrogens (tertiary/aromatic N) is 3. The molecule has 0 spiro atoms. The molecule has 3 aromatic rings. The van der Waals surface area contributed by atoms with Crippen molar-refractivity contribution in [3.63, 3.8) is 0 Å². The normalized spacial score (nSPS) is 19.5. The number of Topliss-reactive ketones (excluding diaryl/α,β-unsaturated/α-hetero) is 1. The zero-order valence-electron chi connectivity index (χ0n) is 18.6. The van der Waals surface area contributed by atoms with Crippen LogP contribution in [0.5, 0.6) is 0 Å². The van der Waals surface area contributed by atoms with E-state index < -0.39 is 0 Å². The molecule has 0 amide bonds. The number of hydrogen-bond donors (Lipinski definition) is 0. The number of para-hydroxylation sites is 1. The van der Waals surface area contributed by atoms with Gasteiger partial charge in [0.1, 0.15) is 18.9 Å². The second-order valence-corrected chi connectivity index (χ2v) is 9.16. The molecule has 0 saturated heterocycles. The van der Waals surface area contributed by atoms with E-state index in [-0.39, 0.29) is 29.8 Å². The third-order valence-electron chi connectivity index (χ3n) is 7.55. The second-order valence-electron chi connectivity index (χ2n) is 9.16. The van der Waals surface area contributed by atoms with Gasteiger partial charge in [-0.25, -0.2) is 4.57 Å². The van der Waals surface area contributed by atoms with Crippen LogP contribution in [-0.2, 0) is 36.3 Å². The molecule has 1 atom stereocenters. The maximum atomic E-state index is 13.4. The first-order valence-electron chi connectivity index (χ1n) is 11.3. The van der Waals surface area contributed by atoms with Gasteiger partial charge in [-0.3, -0.25) is 9.59 Å². The fraction of sp³-hybridized carbons (Fsp3) is 0.480. The Labute approximate surface area is 182 Å². The number of carbonyl (C=O) groups excluding carboxylic acids is 2. The summed E-state index contributed by atoms with van der Waals surface area (Å²) in [5, 5.41) is 1.06. The van der Waals surface area contributed by atoms with Crippen molar-refractivity contribution in [1.29, 1.82) is 0 Å². The van der Waals surface area contributed by atoms with Gasteiger partial charge in [0.25, 0.3) is 5.82 Å².